The third-order valence-electron chi connectivity index (χ3n) is 11.9. The summed E-state index contributed by atoms with van der Waals surface area (Å²) in [6.07, 6.45) is 47.3. The number of nitrogens with one attached hydrogen (secondary N) is 1. The largest absolute Gasteiger partial charge is 0.394 e. The molecule has 0 bridgehead atoms. The van der Waals surface area contributed by atoms with E-state index in [2.05, 4.69) is 55.6 Å². The van der Waals surface area contributed by atoms with Crippen LogP contribution < -0.4 is 5.32 Å². The molecule has 1 amide bonds. The van der Waals surface area contributed by atoms with Crippen LogP contribution in [0.4, 0.5) is 0 Å². The van der Waals surface area contributed by atoms with Crippen molar-refractivity contribution in [1.82, 2.24) is 5.32 Å². The summed E-state index contributed by atoms with van der Waals surface area (Å²) in [7, 11) is 0. The van der Waals surface area contributed by atoms with Gasteiger partial charge in [-0.15, -0.1) is 0 Å². The third kappa shape index (κ3) is 32.5. The van der Waals surface area contributed by atoms with Crippen LogP contribution in [0.1, 0.15) is 219 Å². The van der Waals surface area contributed by atoms with Crippen LogP contribution in [0.15, 0.2) is 48.6 Å². The molecule has 356 valence electrons. The average molecular weight is 862 g/mol. The molecule has 7 unspecified atom stereocenters. The number of aliphatic hydroxyl groups is 5. The van der Waals surface area contributed by atoms with Crippen molar-refractivity contribution in [2.45, 2.75) is 262 Å². The van der Waals surface area contributed by atoms with Crippen molar-refractivity contribution in [2.75, 3.05) is 13.2 Å². The summed E-state index contributed by atoms with van der Waals surface area (Å²) in [4.78, 5) is 13.0. The predicted molar refractivity (Wildman–Crippen MR) is 253 cm³/mol. The molecule has 0 radical (unpaired) electrons. The summed E-state index contributed by atoms with van der Waals surface area (Å²) < 4.78 is 11.2. The Morgan fingerprint density at radius 3 is 1.56 bits per heavy atom. The fourth-order valence-corrected chi connectivity index (χ4v) is 7.86. The molecule has 0 aromatic heterocycles. The monoisotopic (exact) mass is 862 g/mol. The summed E-state index contributed by atoms with van der Waals surface area (Å²) in [5.74, 6) is -0.188. The first kappa shape index (κ1) is 57.2. The van der Waals surface area contributed by atoms with E-state index in [1.165, 1.54) is 148 Å². The lowest BCUT2D eigenvalue weighted by Crippen LogP contribution is -2.60. The van der Waals surface area contributed by atoms with E-state index in [9.17, 15) is 30.3 Å². The first-order valence-corrected chi connectivity index (χ1v) is 25.4. The van der Waals surface area contributed by atoms with Crippen molar-refractivity contribution in [1.29, 1.82) is 0 Å². The first-order chi connectivity index (χ1) is 29.8. The van der Waals surface area contributed by atoms with Gasteiger partial charge in [0.25, 0.3) is 0 Å². The van der Waals surface area contributed by atoms with E-state index < -0.39 is 49.5 Å². The molecule has 0 aromatic rings. The van der Waals surface area contributed by atoms with Crippen LogP contribution in [-0.2, 0) is 14.3 Å². The van der Waals surface area contributed by atoms with Gasteiger partial charge in [-0.25, -0.2) is 0 Å². The normalized spacial score (nSPS) is 20.8. The van der Waals surface area contributed by atoms with Gasteiger partial charge in [0.15, 0.2) is 6.29 Å². The van der Waals surface area contributed by atoms with E-state index >= 15 is 0 Å². The second kappa shape index (κ2) is 42.1. The lowest BCUT2D eigenvalue weighted by molar-refractivity contribution is -0.302. The molecular formula is C52H95NO8. The second-order valence-corrected chi connectivity index (χ2v) is 17.6. The Balaban J connectivity index is 2.31. The number of carbonyl (C=O) groups is 1. The molecular weight excluding hydrogens is 767 g/mol. The fourth-order valence-electron chi connectivity index (χ4n) is 7.86. The van der Waals surface area contributed by atoms with Crippen LogP contribution >= 0.6 is 0 Å². The number of carbonyl (C=O) groups excluding carboxylic acids is 1. The Labute approximate surface area is 373 Å². The summed E-state index contributed by atoms with van der Waals surface area (Å²) in [5.41, 5.74) is 0. The summed E-state index contributed by atoms with van der Waals surface area (Å²) in [6.45, 7) is 3.66. The third-order valence-corrected chi connectivity index (χ3v) is 11.9. The minimum Gasteiger partial charge on any atom is -0.394 e. The number of hydrogen-bond acceptors (Lipinski definition) is 8. The van der Waals surface area contributed by atoms with Gasteiger partial charge in [-0.1, -0.05) is 204 Å². The zero-order valence-corrected chi connectivity index (χ0v) is 39.2. The molecule has 9 nitrogen and oxygen atoms in total. The summed E-state index contributed by atoms with van der Waals surface area (Å²) >= 11 is 0. The predicted octanol–water partition coefficient (Wildman–Crippen LogP) is 11.4. The van der Waals surface area contributed by atoms with Crippen LogP contribution in [0.3, 0.4) is 0 Å². The molecule has 1 aliphatic heterocycles. The minimum atomic E-state index is -1.57. The highest BCUT2D eigenvalue weighted by Gasteiger charge is 2.44. The summed E-state index contributed by atoms with van der Waals surface area (Å²) in [5, 5.41) is 54.3. The standard InChI is InChI=1S/C52H95NO8/c1-3-5-7-9-11-13-15-17-19-21-22-23-24-26-28-30-32-34-36-38-40-42-48(56)53-45(44-60-52-51(59)50(58)49(57)47(43-54)61-52)46(55)41-39-37-35-33-31-29-27-25-20-18-16-14-12-10-8-6-4-2/h5,7,11,13,31,33,39,41,45-47,49-52,54-55,57-59H,3-4,6,8-10,12,14-30,32,34-38,40,42-44H2,1-2H3,(H,53,56)/b7-5-,13-11-,33-31+,41-39+. The Kier molecular flexibility index (Phi) is 39.5. The maximum atomic E-state index is 13.0. The van der Waals surface area contributed by atoms with Gasteiger partial charge in [-0.05, 0) is 57.8 Å². The van der Waals surface area contributed by atoms with Gasteiger partial charge in [0.2, 0.25) is 5.91 Å². The highest BCUT2D eigenvalue weighted by atomic mass is 16.7. The van der Waals surface area contributed by atoms with E-state index in [0.29, 0.717) is 6.42 Å². The average Bonchev–Trinajstić information content (AvgIpc) is 3.26. The SMILES string of the molecule is CC/C=C\C/C=C\CCCCCCCCCCCCCCCCC(=O)NC(COC1OC(CO)C(O)C(O)C1O)C(O)/C=C/CC/C=C/CCCCCCCCCCCCC. The van der Waals surface area contributed by atoms with Crippen molar-refractivity contribution >= 4 is 5.91 Å². The van der Waals surface area contributed by atoms with Crippen LogP contribution in [-0.4, -0.2) is 87.5 Å². The number of hydrogen-bond donors (Lipinski definition) is 6. The van der Waals surface area contributed by atoms with E-state index in [1.807, 2.05) is 6.08 Å². The van der Waals surface area contributed by atoms with Crippen LogP contribution in [0.2, 0.25) is 0 Å². The van der Waals surface area contributed by atoms with Crippen LogP contribution in [0, 0.1) is 0 Å². The van der Waals surface area contributed by atoms with Crippen LogP contribution in [0.5, 0.6) is 0 Å². The fraction of sp³-hybridized carbons (Fsp3) is 0.827. The molecule has 1 fully saturated rings. The van der Waals surface area contributed by atoms with Gasteiger partial charge in [0.1, 0.15) is 24.4 Å². The topological polar surface area (TPSA) is 149 Å². The van der Waals surface area contributed by atoms with Crippen molar-refractivity contribution in [3.05, 3.63) is 48.6 Å². The van der Waals surface area contributed by atoms with Crippen molar-refractivity contribution in [3.63, 3.8) is 0 Å². The Morgan fingerprint density at radius 2 is 1.03 bits per heavy atom. The molecule has 0 spiro atoms. The van der Waals surface area contributed by atoms with Gasteiger partial charge in [0, 0.05) is 6.42 Å². The molecule has 0 aromatic carbocycles. The zero-order valence-electron chi connectivity index (χ0n) is 39.2. The van der Waals surface area contributed by atoms with E-state index in [4.69, 9.17) is 9.47 Å². The molecule has 61 heavy (non-hydrogen) atoms. The number of rotatable bonds is 42. The number of allylic oxidation sites excluding steroid dienone is 7. The Morgan fingerprint density at radius 1 is 0.574 bits per heavy atom. The maximum Gasteiger partial charge on any atom is 0.220 e. The van der Waals surface area contributed by atoms with Gasteiger partial charge < -0.3 is 40.3 Å². The Bertz CT molecular complexity index is 1090. The van der Waals surface area contributed by atoms with Gasteiger partial charge in [-0.2, -0.15) is 0 Å². The number of ether oxygens (including phenoxy) is 2. The van der Waals surface area contributed by atoms with E-state index in [0.717, 1.165) is 51.4 Å². The lowest BCUT2D eigenvalue weighted by atomic mass is 9.99. The molecule has 1 heterocycles. The molecule has 1 rings (SSSR count). The van der Waals surface area contributed by atoms with Gasteiger partial charge in [-0.3, -0.25) is 4.79 Å². The number of amides is 1. The first-order valence-electron chi connectivity index (χ1n) is 25.4. The van der Waals surface area contributed by atoms with Crippen molar-refractivity contribution < 1.29 is 39.8 Å². The van der Waals surface area contributed by atoms with E-state index in [-0.39, 0.29) is 12.5 Å². The van der Waals surface area contributed by atoms with E-state index in [1.54, 1.807) is 6.08 Å². The smallest absolute Gasteiger partial charge is 0.220 e. The molecule has 6 N–H and O–H groups in total. The molecule has 1 aliphatic rings. The van der Waals surface area contributed by atoms with Crippen LogP contribution in [0.25, 0.3) is 0 Å². The number of unbranched alkanes of at least 4 members (excludes halogenated alkanes) is 26. The highest BCUT2D eigenvalue weighted by molar-refractivity contribution is 5.76. The molecule has 0 saturated carbocycles. The maximum absolute atomic E-state index is 13.0. The Hall–Kier alpha value is -1.85. The van der Waals surface area contributed by atoms with Crippen molar-refractivity contribution in [3.8, 4) is 0 Å². The quantitative estimate of drug-likeness (QED) is 0.0262. The van der Waals surface area contributed by atoms with Crippen molar-refractivity contribution in [2.24, 2.45) is 0 Å². The lowest BCUT2D eigenvalue weighted by Gasteiger charge is -2.40. The number of aliphatic hydroxyl groups excluding tert-OH is 5. The van der Waals surface area contributed by atoms with Gasteiger partial charge in [0.05, 0.1) is 25.4 Å². The second-order valence-electron chi connectivity index (χ2n) is 17.6. The summed E-state index contributed by atoms with van der Waals surface area (Å²) in [6, 6.07) is -0.821. The molecule has 1 saturated heterocycles. The minimum absolute atomic E-state index is 0.188. The molecule has 0 aliphatic carbocycles. The highest BCUT2D eigenvalue weighted by Crippen LogP contribution is 2.23. The molecule has 9 heteroatoms. The zero-order chi connectivity index (χ0) is 44.4. The van der Waals surface area contributed by atoms with Gasteiger partial charge >= 0.3 is 0 Å². The molecule has 7 atom stereocenters.